The van der Waals surface area contributed by atoms with Crippen LogP contribution in [-0.4, -0.2) is 29.1 Å². The lowest BCUT2D eigenvalue weighted by Gasteiger charge is -2.07. The second kappa shape index (κ2) is 4.31. The lowest BCUT2D eigenvalue weighted by Crippen LogP contribution is -2.13. The van der Waals surface area contributed by atoms with Gasteiger partial charge in [0.15, 0.2) is 11.5 Å². The van der Waals surface area contributed by atoms with Gasteiger partial charge in [-0.25, -0.2) is 4.79 Å². The molecular formula is C10H7NO5. The second-order valence-electron chi connectivity index (χ2n) is 2.82. The Balaban J connectivity index is 3.44. The summed E-state index contributed by atoms with van der Waals surface area (Å²) in [5.74, 6) is -3.72. The minimum atomic E-state index is -1.72. The Morgan fingerprint density at radius 1 is 1.44 bits per heavy atom. The van der Waals surface area contributed by atoms with Crippen molar-refractivity contribution in [3.05, 3.63) is 23.3 Å². The fourth-order valence-corrected chi connectivity index (χ4v) is 1.12. The number of nitrogens with zero attached hydrogens (tertiary/aromatic N) is 1. The van der Waals surface area contributed by atoms with Gasteiger partial charge in [-0.1, -0.05) is 0 Å². The van der Waals surface area contributed by atoms with Crippen LogP contribution in [0.3, 0.4) is 0 Å². The quantitative estimate of drug-likeness (QED) is 0.569. The van der Waals surface area contributed by atoms with E-state index in [4.69, 9.17) is 15.1 Å². The van der Waals surface area contributed by atoms with Gasteiger partial charge in [0.1, 0.15) is 0 Å². The van der Waals surface area contributed by atoms with Crippen LogP contribution in [0.4, 0.5) is 0 Å². The maximum absolute atomic E-state index is 11.2. The average molecular weight is 221 g/mol. The number of aliphatic carboxylic acids is 1. The topological polar surface area (TPSA) is 108 Å². The first-order valence-corrected chi connectivity index (χ1v) is 4.10. The van der Waals surface area contributed by atoms with Crippen molar-refractivity contribution in [3.63, 3.8) is 0 Å². The summed E-state index contributed by atoms with van der Waals surface area (Å²) in [6.07, 6.45) is 0. The van der Waals surface area contributed by atoms with Crippen LogP contribution in [0, 0.1) is 11.3 Å². The molecule has 0 unspecified atom stereocenters. The van der Waals surface area contributed by atoms with E-state index in [9.17, 15) is 14.7 Å². The van der Waals surface area contributed by atoms with Gasteiger partial charge < -0.3 is 14.9 Å². The maximum atomic E-state index is 11.2. The number of hydrogen-bond acceptors (Lipinski definition) is 5. The summed E-state index contributed by atoms with van der Waals surface area (Å²) < 4.78 is 4.71. The first kappa shape index (κ1) is 11.5. The van der Waals surface area contributed by atoms with Crippen LogP contribution >= 0.6 is 0 Å². The van der Waals surface area contributed by atoms with E-state index in [1.165, 1.54) is 13.2 Å². The number of methoxy groups -OCH3 is 1. The number of Topliss-reactive ketones (excluding diaryl/α,β-unsaturated/α-hetero) is 1. The molecule has 0 fully saturated rings. The first-order valence-electron chi connectivity index (χ1n) is 4.10. The third-order valence-electron chi connectivity index (χ3n) is 1.86. The van der Waals surface area contributed by atoms with Crippen LogP contribution in [0.2, 0.25) is 0 Å². The molecule has 0 amide bonds. The monoisotopic (exact) mass is 221 g/mol. The van der Waals surface area contributed by atoms with Crippen LogP contribution in [-0.2, 0) is 4.79 Å². The highest BCUT2D eigenvalue weighted by atomic mass is 16.5. The maximum Gasteiger partial charge on any atom is 0.377 e. The first-order chi connectivity index (χ1) is 7.51. The average Bonchev–Trinajstić information content (AvgIpc) is 2.28. The molecule has 0 saturated heterocycles. The molecule has 0 saturated carbocycles. The molecule has 0 bridgehead atoms. The fraction of sp³-hybridized carbons (Fsp3) is 0.100. The number of phenols is 1. The molecule has 1 aromatic carbocycles. The van der Waals surface area contributed by atoms with Crippen molar-refractivity contribution >= 4 is 11.8 Å². The van der Waals surface area contributed by atoms with Crippen molar-refractivity contribution in [1.82, 2.24) is 0 Å². The molecule has 0 aliphatic rings. The van der Waals surface area contributed by atoms with Gasteiger partial charge in [-0.3, -0.25) is 4.79 Å². The summed E-state index contributed by atoms with van der Waals surface area (Å²) >= 11 is 0. The molecule has 0 aliphatic carbocycles. The minimum Gasteiger partial charge on any atom is -0.504 e. The van der Waals surface area contributed by atoms with Gasteiger partial charge in [0.25, 0.3) is 5.78 Å². The lowest BCUT2D eigenvalue weighted by molar-refractivity contribution is -0.131. The molecule has 82 valence electrons. The summed E-state index contributed by atoms with van der Waals surface area (Å²) in [6.45, 7) is 0. The fourth-order valence-electron chi connectivity index (χ4n) is 1.12. The van der Waals surface area contributed by atoms with Gasteiger partial charge in [-0.2, -0.15) is 5.26 Å². The third-order valence-corrected chi connectivity index (χ3v) is 1.86. The number of nitriles is 1. The Morgan fingerprint density at radius 2 is 2.06 bits per heavy atom. The van der Waals surface area contributed by atoms with Crippen LogP contribution in [0.5, 0.6) is 11.5 Å². The number of carbonyl (C=O) groups excluding carboxylic acids is 1. The van der Waals surface area contributed by atoms with E-state index in [0.29, 0.717) is 0 Å². The zero-order chi connectivity index (χ0) is 12.3. The van der Waals surface area contributed by atoms with Gasteiger partial charge in [-0.05, 0) is 6.07 Å². The summed E-state index contributed by atoms with van der Waals surface area (Å²) in [7, 11) is 1.23. The van der Waals surface area contributed by atoms with Crippen molar-refractivity contribution in [2.24, 2.45) is 0 Å². The molecule has 0 aliphatic heterocycles. The van der Waals surface area contributed by atoms with Crippen LogP contribution in [0.1, 0.15) is 15.9 Å². The third kappa shape index (κ3) is 1.93. The standard InChI is InChI=1S/C10H7NO5/c1-16-7-3-5(4-11)2-6(8(7)12)9(13)10(14)15/h2-3,12H,1H3,(H,14,15). The normalized spacial score (nSPS) is 9.25. The molecule has 0 heterocycles. The van der Waals surface area contributed by atoms with Gasteiger partial charge in [0, 0.05) is 6.07 Å². The highest BCUT2D eigenvalue weighted by Gasteiger charge is 2.22. The Hall–Kier alpha value is -2.55. The molecule has 1 rings (SSSR count). The van der Waals surface area contributed by atoms with Gasteiger partial charge >= 0.3 is 5.97 Å². The van der Waals surface area contributed by atoms with E-state index in [0.717, 1.165) is 6.07 Å². The number of benzene rings is 1. The number of ether oxygens (including phenoxy) is 1. The number of aromatic hydroxyl groups is 1. The molecule has 0 spiro atoms. The highest BCUT2D eigenvalue weighted by Crippen LogP contribution is 2.31. The van der Waals surface area contributed by atoms with Gasteiger partial charge in [-0.15, -0.1) is 0 Å². The van der Waals surface area contributed by atoms with Crippen LogP contribution in [0.15, 0.2) is 12.1 Å². The van der Waals surface area contributed by atoms with E-state index in [2.05, 4.69) is 0 Å². The SMILES string of the molecule is COc1cc(C#N)cc(C(=O)C(=O)O)c1O. The van der Waals surface area contributed by atoms with Crippen molar-refractivity contribution < 1.29 is 24.5 Å². The smallest absolute Gasteiger partial charge is 0.377 e. The largest absolute Gasteiger partial charge is 0.504 e. The zero-order valence-electron chi connectivity index (χ0n) is 8.22. The Morgan fingerprint density at radius 3 is 2.50 bits per heavy atom. The minimum absolute atomic E-state index is 0.0271. The summed E-state index contributed by atoms with van der Waals surface area (Å²) in [6, 6.07) is 3.92. The highest BCUT2D eigenvalue weighted by molar-refractivity contribution is 6.40. The summed E-state index contributed by atoms with van der Waals surface area (Å²) in [4.78, 5) is 21.6. The molecule has 2 N–H and O–H groups in total. The lowest BCUT2D eigenvalue weighted by atomic mass is 10.1. The predicted molar refractivity (Wildman–Crippen MR) is 51.3 cm³/mol. The molecule has 0 atom stereocenters. The summed E-state index contributed by atoms with van der Waals surface area (Å²) in [5, 5.41) is 26.7. The van der Waals surface area contributed by atoms with Crippen LogP contribution < -0.4 is 4.74 Å². The van der Waals surface area contributed by atoms with Crippen molar-refractivity contribution in [2.45, 2.75) is 0 Å². The molecule has 6 nitrogen and oxygen atoms in total. The van der Waals surface area contributed by atoms with Crippen LogP contribution in [0.25, 0.3) is 0 Å². The number of phenolic OH excluding ortho intramolecular Hbond substituents is 1. The Labute approximate surface area is 90.3 Å². The predicted octanol–water partition coefficient (Wildman–Crippen LogP) is 0.540. The molecule has 16 heavy (non-hydrogen) atoms. The van der Waals surface area contributed by atoms with Crippen molar-refractivity contribution in [1.29, 1.82) is 5.26 Å². The van der Waals surface area contributed by atoms with Crippen molar-refractivity contribution in [3.8, 4) is 17.6 Å². The zero-order valence-corrected chi connectivity index (χ0v) is 8.22. The number of carboxylic acids is 1. The molecule has 0 aromatic heterocycles. The van der Waals surface area contributed by atoms with E-state index in [1.807, 2.05) is 0 Å². The number of hydrogen-bond donors (Lipinski definition) is 2. The molecule has 0 radical (unpaired) electrons. The van der Waals surface area contributed by atoms with E-state index in [1.54, 1.807) is 6.07 Å². The number of ketones is 1. The van der Waals surface area contributed by atoms with E-state index >= 15 is 0 Å². The van der Waals surface area contributed by atoms with E-state index in [-0.39, 0.29) is 11.3 Å². The van der Waals surface area contributed by atoms with Gasteiger partial charge in [0.05, 0.1) is 24.3 Å². The van der Waals surface area contributed by atoms with Crippen molar-refractivity contribution in [2.75, 3.05) is 7.11 Å². The second-order valence-corrected chi connectivity index (χ2v) is 2.82. The summed E-state index contributed by atoms with van der Waals surface area (Å²) in [5.41, 5.74) is -0.442. The molecule has 1 aromatic rings. The van der Waals surface area contributed by atoms with Gasteiger partial charge in [0.2, 0.25) is 0 Å². The molecular weight excluding hydrogens is 214 g/mol. The Kier molecular flexibility index (Phi) is 3.11. The number of rotatable bonds is 3. The van der Waals surface area contributed by atoms with E-state index < -0.39 is 23.1 Å². The Bertz CT molecular complexity index is 501. The number of carboxylic acid groups (broad SMARTS) is 1. The molecule has 6 heteroatoms. The number of carbonyl (C=O) groups is 2.